The molecule has 1 N–H and O–H groups in total. The molecule has 0 bridgehead atoms. The number of rotatable bonds is 4. The number of hydrogen-bond donors (Lipinski definition) is 1. The second-order valence-electron chi connectivity index (χ2n) is 7.48. The van der Waals surface area contributed by atoms with Crippen LogP contribution >= 0.6 is 0 Å². The first-order valence-corrected chi connectivity index (χ1v) is 9.70. The Morgan fingerprint density at radius 3 is 3.04 bits per heavy atom. The zero-order chi connectivity index (χ0) is 18.2. The Morgan fingerprint density at radius 2 is 2.15 bits per heavy atom. The van der Waals surface area contributed by atoms with Gasteiger partial charge in [0.25, 0.3) is 0 Å². The SMILES string of the molecule is Cc1nnc2n1CC(CNc1nc(-c3cccnc3)nc3c1CCC3)CC2. The van der Waals surface area contributed by atoms with Crippen LogP contribution in [0.1, 0.15) is 35.7 Å². The third-order valence-electron chi connectivity index (χ3n) is 5.64. The maximum absolute atomic E-state index is 4.86. The molecule has 2 aliphatic rings. The first-order chi connectivity index (χ1) is 13.3. The van der Waals surface area contributed by atoms with Gasteiger partial charge in [0.1, 0.15) is 17.5 Å². The highest BCUT2D eigenvalue weighted by Crippen LogP contribution is 2.29. The Bertz CT molecular complexity index is 964. The van der Waals surface area contributed by atoms with E-state index in [1.165, 1.54) is 11.3 Å². The largest absolute Gasteiger partial charge is 0.369 e. The maximum atomic E-state index is 4.86. The number of nitrogens with zero attached hydrogens (tertiary/aromatic N) is 6. The van der Waals surface area contributed by atoms with E-state index in [-0.39, 0.29) is 0 Å². The second kappa shape index (κ2) is 6.72. The van der Waals surface area contributed by atoms with Gasteiger partial charge in [0, 0.05) is 48.7 Å². The first kappa shape index (κ1) is 16.4. The van der Waals surface area contributed by atoms with E-state index in [1.807, 2.05) is 25.3 Å². The zero-order valence-electron chi connectivity index (χ0n) is 15.5. The fourth-order valence-corrected chi connectivity index (χ4v) is 4.14. The predicted molar refractivity (Wildman–Crippen MR) is 102 cm³/mol. The van der Waals surface area contributed by atoms with Gasteiger partial charge in [-0.2, -0.15) is 0 Å². The lowest BCUT2D eigenvalue weighted by atomic mass is 9.99. The monoisotopic (exact) mass is 361 g/mol. The van der Waals surface area contributed by atoms with Crippen LogP contribution in [0.5, 0.6) is 0 Å². The minimum absolute atomic E-state index is 0.557. The van der Waals surface area contributed by atoms with Crippen molar-refractivity contribution in [3.05, 3.63) is 47.4 Å². The summed E-state index contributed by atoms with van der Waals surface area (Å²) in [6, 6.07) is 3.95. The normalized spacial score (nSPS) is 18.2. The molecule has 0 spiro atoms. The number of hydrogen-bond acceptors (Lipinski definition) is 6. The fourth-order valence-electron chi connectivity index (χ4n) is 4.14. The molecule has 138 valence electrons. The number of pyridine rings is 1. The molecule has 0 saturated heterocycles. The van der Waals surface area contributed by atoms with E-state index >= 15 is 0 Å². The van der Waals surface area contributed by atoms with E-state index in [2.05, 4.69) is 25.1 Å². The molecule has 1 aliphatic carbocycles. The van der Waals surface area contributed by atoms with E-state index in [0.29, 0.717) is 5.92 Å². The van der Waals surface area contributed by atoms with Crippen LogP contribution in [-0.2, 0) is 25.8 Å². The fraction of sp³-hybridized carbons (Fsp3) is 0.450. The van der Waals surface area contributed by atoms with Crippen LogP contribution in [0.2, 0.25) is 0 Å². The van der Waals surface area contributed by atoms with E-state index in [9.17, 15) is 0 Å². The minimum atomic E-state index is 0.557. The highest BCUT2D eigenvalue weighted by atomic mass is 15.3. The standard InChI is InChI=1S/C20H23N7/c1-13-25-26-18-8-7-14(12-27(13)18)10-22-20-16-5-2-6-17(16)23-19(24-20)15-4-3-9-21-11-15/h3-4,9,11,14H,2,5-8,10,12H2,1H3,(H,22,23,24). The summed E-state index contributed by atoms with van der Waals surface area (Å²) in [5.74, 6) is 4.46. The number of fused-ring (bicyclic) bond motifs is 2. The zero-order valence-corrected chi connectivity index (χ0v) is 15.5. The van der Waals surface area contributed by atoms with E-state index in [1.54, 1.807) is 6.20 Å². The van der Waals surface area contributed by atoms with Gasteiger partial charge >= 0.3 is 0 Å². The molecule has 5 rings (SSSR count). The van der Waals surface area contributed by atoms with Crippen molar-refractivity contribution in [2.24, 2.45) is 5.92 Å². The van der Waals surface area contributed by atoms with Gasteiger partial charge < -0.3 is 9.88 Å². The predicted octanol–water partition coefficient (Wildman–Crippen LogP) is 2.60. The van der Waals surface area contributed by atoms with Crippen molar-refractivity contribution in [3.63, 3.8) is 0 Å². The molecule has 7 nitrogen and oxygen atoms in total. The molecule has 0 aromatic carbocycles. The van der Waals surface area contributed by atoms with Crippen molar-refractivity contribution in [1.82, 2.24) is 29.7 Å². The third kappa shape index (κ3) is 3.07. The van der Waals surface area contributed by atoms with Crippen LogP contribution in [-0.4, -0.2) is 36.3 Å². The Balaban J connectivity index is 1.37. The molecular weight excluding hydrogens is 338 g/mol. The van der Waals surface area contributed by atoms with Gasteiger partial charge in [0.2, 0.25) is 0 Å². The summed E-state index contributed by atoms with van der Waals surface area (Å²) in [6.07, 6.45) is 8.99. The van der Waals surface area contributed by atoms with Gasteiger partial charge in [-0.15, -0.1) is 10.2 Å². The molecule has 7 heteroatoms. The molecule has 4 heterocycles. The van der Waals surface area contributed by atoms with Crippen molar-refractivity contribution in [3.8, 4) is 11.4 Å². The van der Waals surface area contributed by atoms with Crippen LogP contribution < -0.4 is 5.32 Å². The molecule has 0 amide bonds. The van der Waals surface area contributed by atoms with Gasteiger partial charge in [-0.3, -0.25) is 4.98 Å². The Labute approximate surface area is 158 Å². The lowest BCUT2D eigenvalue weighted by Gasteiger charge is -2.25. The molecule has 1 unspecified atom stereocenters. The van der Waals surface area contributed by atoms with E-state index < -0.39 is 0 Å². The topological polar surface area (TPSA) is 81.4 Å². The highest BCUT2D eigenvalue weighted by molar-refractivity contribution is 5.59. The molecule has 1 atom stereocenters. The third-order valence-corrected chi connectivity index (χ3v) is 5.64. The highest BCUT2D eigenvalue weighted by Gasteiger charge is 2.24. The summed E-state index contributed by atoms with van der Waals surface area (Å²) in [5.41, 5.74) is 3.45. The van der Waals surface area contributed by atoms with Crippen LogP contribution in [0.4, 0.5) is 5.82 Å². The molecule has 3 aromatic rings. The summed E-state index contributed by atoms with van der Waals surface area (Å²) in [7, 11) is 0. The molecule has 27 heavy (non-hydrogen) atoms. The molecule has 3 aromatic heterocycles. The molecule has 0 radical (unpaired) electrons. The van der Waals surface area contributed by atoms with Gasteiger partial charge in [0.15, 0.2) is 5.82 Å². The van der Waals surface area contributed by atoms with Crippen molar-refractivity contribution in [1.29, 1.82) is 0 Å². The van der Waals surface area contributed by atoms with Crippen LogP contribution in [0.25, 0.3) is 11.4 Å². The van der Waals surface area contributed by atoms with Gasteiger partial charge in [-0.25, -0.2) is 9.97 Å². The van der Waals surface area contributed by atoms with Gasteiger partial charge in [-0.1, -0.05) is 0 Å². The van der Waals surface area contributed by atoms with Crippen molar-refractivity contribution in [2.75, 3.05) is 11.9 Å². The summed E-state index contributed by atoms with van der Waals surface area (Å²) in [4.78, 5) is 13.9. The smallest absolute Gasteiger partial charge is 0.163 e. The van der Waals surface area contributed by atoms with Crippen molar-refractivity contribution < 1.29 is 0 Å². The van der Waals surface area contributed by atoms with Crippen molar-refractivity contribution >= 4 is 5.82 Å². The van der Waals surface area contributed by atoms with E-state index in [4.69, 9.17) is 9.97 Å². The summed E-state index contributed by atoms with van der Waals surface area (Å²) >= 11 is 0. The quantitative estimate of drug-likeness (QED) is 0.769. The average molecular weight is 361 g/mol. The van der Waals surface area contributed by atoms with Gasteiger partial charge in [-0.05, 0) is 50.7 Å². The molecule has 0 fully saturated rings. The maximum Gasteiger partial charge on any atom is 0.163 e. The number of aromatic nitrogens is 6. The van der Waals surface area contributed by atoms with Crippen molar-refractivity contribution in [2.45, 2.75) is 45.6 Å². The number of aryl methyl sites for hydroxylation is 3. The minimum Gasteiger partial charge on any atom is -0.369 e. The average Bonchev–Trinajstić information content (AvgIpc) is 3.33. The van der Waals surface area contributed by atoms with Crippen LogP contribution in [0, 0.1) is 12.8 Å². The molecular formula is C20H23N7. The number of nitrogens with one attached hydrogen (secondary N) is 1. The Kier molecular flexibility index (Phi) is 4.07. The second-order valence-corrected chi connectivity index (χ2v) is 7.48. The number of anilines is 1. The Hall–Kier alpha value is -2.83. The summed E-state index contributed by atoms with van der Waals surface area (Å²) in [5, 5.41) is 12.1. The Morgan fingerprint density at radius 1 is 1.19 bits per heavy atom. The van der Waals surface area contributed by atoms with Gasteiger partial charge in [0.05, 0.1) is 0 Å². The van der Waals surface area contributed by atoms with E-state index in [0.717, 1.165) is 74.0 Å². The van der Waals surface area contributed by atoms with Crippen LogP contribution in [0.3, 0.4) is 0 Å². The molecule has 1 aliphatic heterocycles. The summed E-state index contributed by atoms with van der Waals surface area (Å²) in [6.45, 7) is 3.92. The van der Waals surface area contributed by atoms with Crippen LogP contribution in [0.15, 0.2) is 24.5 Å². The lowest BCUT2D eigenvalue weighted by Crippen LogP contribution is -2.27. The molecule has 0 saturated carbocycles. The first-order valence-electron chi connectivity index (χ1n) is 9.70. The summed E-state index contributed by atoms with van der Waals surface area (Å²) < 4.78 is 2.25. The lowest BCUT2D eigenvalue weighted by molar-refractivity contribution is 0.376.